The van der Waals surface area contributed by atoms with Crippen LogP contribution in [0.25, 0.3) is 16.7 Å². The molecule has 0 saturated carbocycles. The van der Waals surface area contributed by atoms with Crippen LogP contribution in [0.2, 0.25) is 5.02 Å². The Hall–Kier alpha value is -5.22. The number of anilines is 1. The fourth-order valence-electron chi connectivity index (χ4n) is 6.06. The van der Waals surface area contributed by atoms with Crippen molar-refractivity contribution in [2.45, 2.75) is 39.2 Å². The molecule has 3 aromatic heterocycles. The number of hydrogen-bond acceptors (Lipinski definition) is 6. The van der Waals surface area contributed by atoms with Gasteiger partial charge in [0.1, 0.15) is 23.0 Å². The zero-order valence-electron chi connectivity index (χ0n) is 26.0. The molecular weight excluding hydrogens is 617 g/mol. The van der Waals surface area contributed by atoms with Gasteiger partial charge in [0.25, 0.3) is 0 Å². The predicted octanol–water partition coefficient (Wildman–Crippen LogP) is 6.75. The number of pyridine rings is 2. The number of rotatable bonds is 10. The van der Waals surface area contributed by atoms with E-state index in [9.17, 15) is 14.0 Å². The van der Waals surface area contributed by atoms with Crippen LogP contribution in [0.5, 0.6) is 0 Å². The monoisotopic (exact) mass is 649 g/mol. The summed E-state index contributed by atoms with van der Waals surface area (Å²) in [5.74, 6) is -1.57. The molecule has 0 radical (unpaired) electrons. The molecule has 0 aliphatic carbocycles. The van der Waals surface area contributed by atoms with E-state index < -0.39 is 17.7 Å². The second-order valence-electron chi connectivity index (χ2n) is 11.3. The lowest BCUT2D eigenvalue weighted by Gasteiger charge is -2.33. The number of carbonyl (C=O) groups excluding carboxylic acids is 2. The molecule has 4 heterocycles. The average molecular weight is 650 g/mol. The molecule has 11 heteroatoms. The molecule has 2 amide bonds. The van der Waals surface area contributed by atoms with Crippen LogP contribution in [0.15, 0.2) is 102 Å². The van der Waals surface area contributed by atoms with Gasteiger partial charge in [-0.25, -0.2) is 14.4 Å². The number of aryl methyl sites for hydroxylation is 2. The van der Waals surface area contributed by atoms with Gasteiger partial charge in [0.15, 0.2) is 0 Å². The summed E-state index contributed by atoms with van der Waals surface area (Å²) in [5.41, 5.74) is 4.14. The number of fused-ring (bicyclic) bond motifs is 1. The second-order valence-corrected chi connectivity index (χ2v) is 11.7. The number of aliphatic imine (C=N–C) groups is 1. The third-order valence-corrected chi connectivity index (χ3v) is 8.62. The molecule has 2 N–H and O–H groups in total. The first kappa shape index (κ1) is 31.7. The number of hydrogen-bond donors (Lipinski definition) is 2. The Morgan fingerprint density at radius 3 is 2.51 bits per heavy atom. The molecule has 238 valence electrons. The van der Waals surface area contributed by atoms with Crippen LogP contribution in [-0.4, -0.2) is 43.6 Å². The Morgan fingerprint density at radius 2 is 1.74 bits per heavy atom. The molecule has 6 rings (SSSR count). The zero-order valence-corrected chi connectivity index (χ0v) is 26.7. The number of aromatic nitrogens is 4. The molecule has 2 unspecified atom stereocenters. The highest BCUT2D eigenvalue weighted by Gasteiger charge is 2.42. The van der Waals surface area contributed by atoms with Crippen molar-refractivity contribution in [1.29, 1.82) is 0 Å². The minimum absolute atomic E-state index is 0.278. The average Bonchev–Trinajstić information content (AvgIpc) is 3.39. The largest absolute Gasteiger partial charge is 0.352 e. The van der Waals surface area contributed by atoms with Gasteiger partial charge in [-0.3, -0.25) is 19.6 Å². The van der Waals surface area contributed by atoms with E-state index in [0.29, 0.717) is 46.3 Å². The molecule has 9 nitrogen and oxygen atoms in total. The fourth-order valence-corrected chi connectivity index (χ4v) is 6.31. The third-order valence-electron chi connectivity index (χ3n) is 8.27. The lowest BCUT2D eigenvalue weighted by atomic mass is 9.74. The number of nitrogens with zero attached hydrogens (tertiary/aromatic N) is 5. The lowest BCUT2D eigenvalue weighted by molar-refractivity contribution is -0.119. The topological polar surface area (TPSA) is 114 Å². The molecule has 1 aliphatic heterocycles. The van der Waals surface area contributed by atoms with Gasteiger partial charge >= 0.3 is 0 Å². The minimum Gasteiger partial charge on any atom is -0.352 e. The van der Waals surface area contributed by atoms with Crippen LogP contribution in [0, 0.1) is 18.7 Å². The quantitative estimate of drug-likeness (QED) is 0.163. The van der Waals surface area contributed by atoms with E-state index in [1.165, 1.54) is 12.1 Å². The first-order valence-electron chi connectivity index (χ1n) is 15.4. The molecule has 0 bridgehead atoms. The van der Waals surface area contributed by atoms with Gasteiger partial charge in [0, 0.05) is 47.7 Å². The fraction of sp³-hybridized carbons (Fsp3) is 0.222. The summed E-state index contributed by atoms with van der Waals surface area (Å²) >= 11 is 6.77. The second kappa shape index (κ2) is 14.0. The van der Waals surface area contributed by atoms with Crippen molar-refractivity contribution in [3.05, 3.63) is 125 Å². The van der Waals surface area contributed by atoms with Crippen LogP contribution in [-0.2, 0) is 16.1 Å². The molecule has 47 heavy (non-hydrogen) atoms. The van der Waals surface area contributed by atoms with Crippen LogP contribution >= 0.6 is 11.6 Å². The number of benzene rings is 2. The zero-order chi connectivity index (χ0) is 32.9. The highest BCUT2D eigenvalue weighted by atomic mass is 35.5. The van der Waals surface area contributed by atoms with Gasteiger partial charge in [-0.05, 0) is 80.8 Å². The van der Waals surface area contributed by atoms with E-state index in [0.717, 1.165) is 29.8 Å². The number of unbranched alkanes of at least 4 members (excludes halogenated alkanes) is 1. The summed E-state index contributed by atoms with van der Waals surface area (Å²) in [4.78, 5) is 46.1. The summed E-state index contributed by atoms with van der Waals surface area (Å²) in [7, 11) is 0. The minimum atomic E-state index is -0.881. The van der Waals surface area contributed by atoms with Gasteiger partial charge < -0.3 is 15.2 Å². The molecule has 1 aliphatic rings. The van der Waals surface area contributed by atoms with E-state index in [-0.39, 0.29) is 17.4 Å². The number of imidazole rings is 1. The lowest BCUT2D eigenvalue weighted by Crippen LogP contribution is -2.41. The molecule has 0 fully saturated rings. The van der Waals surface area contributed by atoms with Gasteiger partial charge in [-0.2, -0.15) is 0 Å². The highest BCUT2D eigenvalue weighted by Crippen LogP contribution is 2.44. The maximum absolute atomic E-state index is 14.3. The summed E-state index contributed by atoms with van der Waals surface area (Å²) in [6, 6.07) is 20.1. The van der Waals surface area contributed by atoms with E-state index in [1.54, 1.807) is 68.0 Å². The van der Waals surface area contributed by atoms with Crippen molar-refractivity contribution < 1.29 is 14.0 Å². The number of carbonyl (C=O) groups is 2. The molecule has 0 saturated heterocycles. The summed E-state index contributed by atoms with van der Waals surface area (Å²) < 4.78 is 16.1. The van der Waals surface area contributed by atoms with Crippen molar-refractivity contribution in [3.63, 3.8) is 0 Å². The molecule has 2 atom stereocenters. The van der Waals surface area contributed by atoms with Crippen molar-refractivity contribution in [2.75, 3.05) is 11.9 Å². The van der Waals surface area contributed by atoms with Gasteiger partial charge in [0.2, 0.25) is 11.8 Å². The van der Waals surface area contributed by atoms with Crippen LogP contribution in [0.3, 0.4) is 0 Å². The van der Waals surface area contributed by atoms with E-state index in [1.807, 2.05) is 25.1 Å². The van der Waals surface area contributed by atoms with Crippen molar-refractivity contribution >= 4 is 51.7 Å². The van der Waals surface area contributed by atoms with Gasteiger partial charge in [-0.1, -0.05) is 35.9 Å². The third kappa shape index (κ3) is 6.83. The van der Waals surface area contributed by atoms with E-state index >= 15 is 0 Å². The SMILES string of the molecule is CC1=NC(c2ccc(F)cc2)=C(C(=O)NCCCCn2c(C)nc3cnccc32)C(c2ccccc2Cl)C1C(=O)Nc1ccccn1. The Bertz CT molecular complexity index is 1990. The summed E-state index contributed by atoms with van der Waals surface area (Å²) in [5, 5.41) is 6.37. The molecule has 5 aromatic rings. The summed E-state index contributed by atoms with van der Waals surface area (Å²) in [6.45, 7) is 4.83. The maximum atomic E-state index is 14.3. The standard InChI is InChI=1S/C36H33ClFN7O2/c1-22-31(36(47)44-30-11-5-6-17-40-30)32(26-9-3-4-10-27(26)37)33(34(42-22)24-12-14-25(38)15-13-24)35(46)41-18-7-8-20-45-23(2)43-28-21-39-19-16-29(28)45/h3-6,9-17,19,21,31-32H,7-8,18,20H2,1-2H3,(H,41,46)(H,40,44,47). The molecule has 2 aromatic carbocycles. The van der Waals surface area contributed by atoms with Crippen molar-refractivity contribution in [3.8, 4) is 0 Å². The Labute approximate surface area is 276 Å². The van der Waals surface area contributed by atoms with Crippen LogP contribution in [0.1, 0.15) is 42.6 Å². The molecule has 0 spiro atoms. The Morgan fingerprint density at radius 1 is 0.957 bits per heavy atom. The smallest absolute Gasteiger partial charge is 0.250 e. The number of halogens is 2. The summed E-state index contributed by atoms with van der Waals surface area (Å²) in [6.07, 6.45) is 6.57. The van der Waals surface area contributed by atoms with Crippen molar-refractivity contribution in [2.24, 2.45) is 10.9 Å². The van der Waals surface area contributed by atoms with E-state index in [4.69, 9.17) is 16.6 Å². The van der Waals surface area contributed by atoms with Crippen LogP contribution in [0.4, 0.5) is 10.2 Å². The maximum Gasteiger partial charge on any atom is 0.250 e. The Balaban J connectivity index is 1.32. The first-order chi connectivity index (χ1) is 22.8. The number of amides is 2. The highest BCUT2D eigenvalue weighted by molar-refractivity contribution is 6.31. The van der Waals surface area contributed by atoms with Gasteiger partial charge in [-0.15, -0.1) is 0 Å². The predicted molar refractivity (Wildman–Crippen MR) is 181 cm³/mol. The number of nitrogens with one attached hydrogen (secondary N) is 2. The van der Waals surface area contributed by atoms with Gasteiger partial charge in [0.05, 0.1) is 28.9 Å². The Kier molecular flexibility index (Phi) is 9.49. The van der Waals surface area contributed by atoms with Crippen molar-refractivity contribution in [1.82, 2.24) is 24.8 Å². The first-order valence-corrected chi connectivity index (χ1v) is 15.8. The van der Waals surface area contributed by atoms with E-state index in [2.05, 4.69) is 30.2 Å². The molecular formula is C36H33ClFN7O2. The normalized spacial score (nSPS) is 16.2. The van der Waals surface area contributed by atoms with Crippen LogP contribution < -0.4 is 10.6 Å².